The highest BCUT2D eigenvalue weighted by atomic mass is 16.2. The summed E-state index contributed by atoms with van der Waals surface area (Å²) in [4.78, 5) is 35.0. The smallest absolute Gasteiger partial charge is 0.255 e. The highest BCUT2D eigenvalue weighted by Gasteiger charge is 2.22. The van der Waals surface area contributed by atoms with Gasteiger partial charge in [-0.25, -0.2) is 0 Å². The van der Waals surface area contributed by atoms with E-state index in [1.807, 2.05) is 23.1 Å². The molecule has 1 saturated heterocycles. The number of likely N-dealkylation sites (tertiary alicyclic amines) is 1. The van der Waals surface area contributed by atoms with Crippen LogP contribution in [-0.4, -0.2) is 39.8 Å². The number of carbonyl (C=O) groups is 2. The molecule has 0 unspecified atom stereocenters. The maximum Gasteiger partial charge on any atom is 0.255 e. The van der Waals surface area contributed by atoms with Gasteiger partial charge in [0.2, 0.25) is 0 Å². The van der Waals surface area contributed by atoms with Crippen molar-refractivity contribution < 1.29 is 9.59 Å². The Labute approximate surface area is 147 Å². The normalized spacial score (nSPS) is 15.0. The van der Waals surface area contributed by atoms with E-state index in [2.05, 4.69) is 22.2 Å². The van der Waals surface area contributed by atoms with Gasteiger partial charge in [0.25, 0.3) is 11.8 Å². The van der Waals surface area contributed by atoms with E-state index >= 15 is 0 Å². The van der Waals surface area contributed by atoms with Crippen molar-refractivity contribution >= 4 is 11.8 Å². The summed E-state index contributed by atoms with van der Waals surface area (Å²) >= 11 is 0. The van der Waals surface area contributed by atoms with Crippen molar-refractivity contribution in [3.8, 4) is 0 Å². The summed E-state index contributed by atoms with van der Waals surface area (Å²) in [5.41, 5.74) is 1.62. The van der Waals surface area contributed by atoms with Crippen LogP contribution in [0.5, 0.6) is 0 Å². The summed E-state index contributed by atoms with van der Waals surface area (Å²) in [7, 11) is 0. The van der Waals surface area contributed by atoms with Crippen molar-refractivity contribution in [2.75, 3.05) is 13.1 Å². The molecule has 1 aliphatic heterocycles. The number of piperidine rings is 1. The van der Waals surface area contributed by atoms with E-state index in [1.165, 1.54) is 12.4 Å². The summed E-state index contributed by atoms with van der Waals surface area (Å²) < 4.78 is 0. The van der Waals surface area contributed by atoms with E-state index in [-0.39, 0.29) is 11.8 Å². The fraction of sp³-hybridized carbons (Fsp3) is 0.368. The summed E-state index contributed by atoms with van der Waals surface area (Å²) in [6.45, 7) is 4.06. The monoisotopic (exact) mass is 338 g/mol. The van der Waals surface area contributed by atoms with Crippen LogP contribution >= 0.6 is 0 Å². The van der Waals surface area contributed by atoms with Crippen LogP contribution in [0.1, 0.15) is 46.2 Å². The minimum atomic E-state index is -0.264. The van der Waals surface area contributed by atoms with E-state index < -0.39 is 0 Å². The van der Waals surface area contributed by atoms with Crippen LogP contribution in [0.3, 0.4) is 0 Å². The highest BCUT2D eigenvalue weighted by Crippen LogP contribution is 2.18. The fourth-order valence-electron chi connectivity index (χ4n) is 2.85. The zero-order valence-electron chi connectivity index (χ0n) is 14.3. The Morgan fingerprint density at radius 1 is 1.20 bits per heavy atom. The molecule has 1 fully saturated rings. The van der Waals surface area contributed by atoms with Crippen LogP contribution in [0, 0.1) is 5.92 Å². The van der Waals surface area contributed by atoms with Gasteiger partial charge in [-0.3, -0.25) is 19.6 Å². The summed E-state index contributed by atoms with van der Waals surface area (Å²) in [6, 6.07) is 7.15. The van der Waals surface area contributed by atoms with Crippen LogP contribution < -0.4 is 5.32 Å². The molecule has 1 N–H and O–H groups in total. The average Bonchev–Trinajstić information content (AvgIpc) is 2.67. The Morgan fingerprint density at radius 2 is 1.96 bits per heavy atom. The molecule has 3 rings (SSSR count). The molecule has 0 radical (unpaired) electrons. The van der Waals surface area contributed by atoms with Gasteiger partial charge < -0.3 is 10.2 Å². The van der Waals surface area contributed by atoms with Gasteiger partial charge in [-0.05, 0) is 37.0 Å². The summed E-state index contributed by atoms with van der Waals surface area (Å²) in [6.07, 6.45) is 6.72. The number of hydrogen-bond donors (Lipinski definition) is 1. The second-order valence-corrected chi connectivity index (χ2v) is 6.44. The molecule has 2 aromatic rings. The van der Waals surface area contributed by atoms with Gasteiger partial charge in [0.05, 0.1) is 23.4 Å². The van der Waals surface area contributed by atoms with Gasteiger partial charge in [-0.1, -0.05) is 13.0 Å². The predicted molar refractivity (Wildman–Crippen MR) is 93.9 cm³/mol. The van der Waals surface area contributed by atoms with Crippen LogP contribution in [0.4, 0.5) is 0 Å². The molecule has 2 amide bonds. The van der Waals surface area contributed by atoms with Gasteiger partial charge in [-0.15, -0.1) is 0 Å². The second kappa shape index (κ2) is 7.88. The largest absolute Gasteiger partial charge is 0.346 e. The van der Waals surface area contributed by atoms with Crippen molar-refractivity contribution in [3.63, 3.8) is 0 Å². The summed E-state index contributed by atoms with van der Waals surface area (Å²) in [5.74, 6) is 0.338. The minimum absolute atomic E-state index is 0.0567. The molecule has 25 heavy (non-hydrogen) atoms. The lowest BCUT2D eigenvalue weighted by Gasteiger charge is -2.30. The zero-order chi connectivity index (χ0) is 17.6. The Hall–Kier alpha value is -2.76. The van der Waals surface area contributed by atoms with Crippen LogP contribution in [0.2, 0.25) is 0 Å². The third-order valence-corrected chi connectivity index (χ3v) is 4.47. The molecule has 0 aromatic carbocycles. The first-order valence-electron chi connectivity index (χ1n) is 8.56. The Kier molecular flexibility index (Phi) is 5.38. The maximum atomic E-state index is 12.6. The van der Waals surface area contributed by atoms with Gasteiger partial charge in [0.1, 0.15) is 0 Å². The molecule has 0 aliphatic carbocycles. The van der Waals surface area contributed by atoms with Gasteiger partial charge in [-0.2, -0.15) is 0 Å². The lowest BCUT2D eigenvalue weighted by Crippen LogP contribution is -2.38. The van der Waals surface area contributed by atoms with Gasteiger partial charge >= 0.3 is 0 Å². The molecular formula is C19H22N4O2. The van der Waals surface area contributed by atoms with Crippen molar-refractivity contribution in [2.24, 2.45) is 5.92 Å². The number of pyridine rings is 2. The molecule has 130 valence electrons. The number of nitrogens with zero attached hydrogens (tertiary/aromatic N) is 3. The van der Waals surface area contributed by atoms with E-state index in [4.69, 9.17) is 0 Å². The van der Waals surface area contributed by atoms with E-state index in [0.717, 1.165) is 31.6 Å². The van der Waals surface area contributed by atoms with Crippen LogP contribution in [0.25, 0.3) is 0 Å². The first-order chi connectivity index (χ1) is 12.1. The Balaban J connectivity index is 1.64. The second-order valence-electron chi connectivity index (χ2n) is 6.44. The average molecular weight is 338 g/mol. The third-order valence-electron chi connectivity index (χ3n) is 4.47. The minimum Gasteiger partial charge on any atom is -0.346 e. The third kappa shape index (κ3) is 4.41. The van der Waals surface area contributed by atoms with Crippen molar-refractivity contribution in [3.05, 3.63) is 59.7 Å². The van der Waals surface area contributed by atoms with Gasteiger partial charge in [0, 0.05) is 31.7 Å². The Morgan fingerprint density at radius 3 is 2.68 bits per heavy atom. The lowest BCUT2D eigenvalue weighted by molar-refractivity contribution is 0.0697. The van der Waals surface area contributed by atoms with E-state index in [9.17, 15) is 9.59 Å². The molecule has 1 aliphatic rings. The standard InChI is InChI=1S/C19H22N4O2/c1-14-5-8-23(9-6-14)19(25)16-10-15(11-20-12-16)18(24)22-13-17-4-2-3-7-21-17/h2-4,7,10-12,14H,5-6,8-9,13H2,1H3,(H,22,24). The quantitative estimate of drug-likeness (QED) is 0.928. The molecule has 3 heterocycles. The zero-order valence-corrected chi connectivity index (χ0v) is 14.3. The molecule has 0 spiro atoms. The van der Waals surface area contributed by atoms with Crippen molar-refractivity contribution in [1.82, 2.24) is 20.2 Å². The molecule has 2 aromatic heterocycles. The summed E-state index contributed by atoms with van der Waals surface area (Å²) in [5, 5.41) is 2.80. The predicted octanol–water partition coefficient (Wildman–Crippen LogP) is 2.28. The molecule has 0 saturated carbocycles. The van der Waals surface area contributed by atoms with Crippen molar-refractivity contribution in [1.29, 1.82) is 0 Å². The molecule has 6 heteroatoms. The first kappa shape index (κ1) is 17.1. The van der Waals surface area contributed by atoms with E-state index in [1.54, 1.807) is 12.3 Å². The first-order valence-corrected chi connectivity index (χ1v) is 8.56. The topological polar surface area (TPSA) is 75.2 Å². The fourth-order valence-corrected chi connectivity index (χ4v) is 2.85. The van der Waals surface area contributed by atoms with Crippen LogP contribution in [-0.2, 0) is 6.54 Å². The molecular weight excluding hydrogens is 316 g/mol. The number of hydrogen-bond acceptors (Lipinski definition) is 4. The van der Waals surface area contributed by atoms with E-state index in [0.29, 0.717) is 23.6 Å². The van der Waals surface area contributed by atoms with Gasteiger partial charge in [0.15, 0.2) is 0 Å². The molecule has 0 atom stereocenters. The number of carbonyl (C=O) groups excluding carboxylic acids is 2. The highest BCUT2D eigenvalue weighted by molar-refractivity contribution is 5.99. The molecule has 6 nitrogen and oxygen atoms in total. The Bertz CT molecular complexity index is 740. The SMILES string of the molecule is CC1CCN(C(=O)c2cncc(C(=O)NCc3ccccn3)c2)CC1. The molecule has 0 bridgehead atoms. The number of nitrogens with one attached hydrogen (secondary N) is 1. The number of aromatic nitrogens is 2. The van der Waals surface area contributed by atoms with Crippen LogP contribution in [0.15, 0.2) is 42.9 Å². The lowest BCUT2D eigenvalue weighted by atomic mass is 9.98. The number of rotatable bonds is 4. The number of amides is 2. The maximum absolute atomic E-state index is 12.6. The van der Waals surface area contributed by atoms with Crippen molar-refractivity contribution in [2.45, 2.75) is 26.3 Å².